The number of rotatable bonds is 6. The number of anilines is 2. The number of ether oxygens (including phenoxy) is 5. The zero-order chi connectivity index (χ0) is 36.8. The van der Waals surface area contributed by atoms with Crippen molar-refractivity contribution in [2.75, 3.05) is 88.8 Å². The monoisotopic (exact) mass is 782 g/mol. The summed E-state index contributed by atoms with van der Waals surface area (Å²) in [6.07, 6.45) is 9.97. The third kappa shape index (κ3) is 9.09. The summed E-state index contributed by atoms with van der Waals surface area (Å²) in [5.74, 6) is 1.97. The van der Waals surface area contributed by atoms with Crippen molar-refractivity contribution in [1.82, 2.24) is 39.0 Å². The van der Waals surface area contributed by atoms with Crippen molar-refractivity contribution in [3.05, 3.63) is 29.6 Å². The van der Waals surface area contributed by atoms with Gasteiger partial charge in [-0.05, 0) is 61.7 Å². The standard InChI is InChI=1S/C17H22ClN5O4.C14H18ClN5O2.C4H9.Li/c18-16-20-13(22-4-7-25-8-5-22)12-14(21-16)23(11-3-1-2-6-27-11)15(19-12)17(24)9-26-10-17;15-14-17-12(19-4-7-21-8-5-19)11-13(18-14)20(9-16-11)10-3-1-2-6-22-10;1-3-4-2;/h11,24H,1-10H2;9-10H,1-8H2;1,3-4H2,2H3;/q;;-1;+1. The Bertz CT molecular complexity index is 1800. The normalized spacial score (nSPS) is 22.8. The molecule has 5 fully saturated rings. The molecule has 4 aromatic rings. The molecule has 2 atom stereocenters. The number of fused-ring (bicyclic) bond motifs is 2. The van der Waals surface area contributed by atoms with Crippen LogP contribution in [-0.2, 0) is 29.3 Å². The molecule has 4 aromatic heterocycles. The van der Waals surface area contributed by atoms with Crippen LogP contribution in [0.1, 0.15) is 76.6 Å². The third-order valence-electron chi connectivity index (χ3n) is 9.85. The molecule has 19 heteroatoms. The average Bonchev–Trinajstić information content (AvgIpc) is 3.80. The zero-order valence-electron chi connectivity index (χ0n) is 31.3. The van der Waals surface area contributed by atoms with Crippen LogP contribution in [0.5, 0.6) is 0 Å². The summed E-state index contributed by atoms with van der Waals surface area (Å²) < 4.78 is 31.8. The van der Waals surface area contributed by atoms with Crippen LogP contribution in [0, 0.1) is 6.92 Å². The predicted molar refractivity (Wildman–Crippen MR) is 199 cm³/mol. The fourth-order valence-electron chi connectivity index (χ4n) is 6.91. The Morgan fingerprint density at radius 1 is 0.741 bits per heavy atom. The molecule has 0 bridgehead atoms. The van der Waals surface area contributed by atoms with Crippen LogP contribution < -0.4 is 28.7 Å². The Morgan fingerprint density at radius 3 is 1.78 bits per heavy atom. The first-order valence-electron chi connectivity index (χ1n) is 18.7. The Balaban J connectivity index is 0.000000168. The van der Waals surface area contributed by atoms with E-state index in [9.17, 15) is 5.11 Å². The van der Waals surface area contributed by atoms with Crippen LogP contribution in [0.15, 0.2) is 6.33 Å². The van der Waals surface area contributed by atoms with Crippen molar-refractivity contribution in [2.24, 2.45) is 0 Å². The minimum absolute atomic E-state index is 0. The zero-order valence-corrected chi connectivity index (χ0v) is 32.8. The van der Waals surface area contributed by atoms with Gasteiger partial charge < -0.3 is 45.5 Å². The largest absolute Gasteiger partial charge is 1.00 e. The Labute approximate surface area is 337 Å². The van der Waals surface area contributed by atoms with Gasteiger partial charge in [-0.1, -0.05) is 13.3 Å². The number of halogens is 2. The molecule has 5 saturated heterocycles. The molecular weight excluding hydrogens is 734 g/mol. The molecule has 290 valence electrons. The second kappa shape index (κ2) is 19.2. The third-order valence-corrected chi connectivity index (χ3v) is 10.2. The molecule has 9 rings (SSSR count). The summed E-state index contributed by atoms with van der Waals surface area (Å²) in [5, 5.41) is 11.4. The fraction of sp³-hybridized carbons (Fsp3) is 0.686. The van der Waals surface area contributed by atoms with Gasteiger partial charge in [0.25, 0.3) is 0 Å². The van der Waals surface area contributed by atoms with Gasteiger partial charge in [0.1, 0.15) is 18.3 Å². The van der Waals surface area contributed by atoms with E-state index in [1.807, 2.05) is 9.13 Å². The summed E-state index contributed by atoms with van der Waals surface area (Å²) >= 11 is 12.4. The van der Waals surface area contributed by atoms with Crippen LogP contribution in [-0.4, -0.2) is 123 Å². The second-order valence-electron chi connectivity index (χ2n) is 13.7. The molecule has 2 unspecified atom stereocenters. The molecule has 0 spiro atoms. The number of unbranched alkanes of at least 4 members (excludes halogenated alkanes) is 1. The maximum absolute atomic E-state index is 11.0. The number of nitrogens with zero attached hydrogens (tertiary/aromatic N) is 10. The summed E-state index contributed by atoms with van der Waals surface area (Å²) in [6, 6.07) is 0. The van der Waals surface area contributed by atoms with E-state index in [-0.39, 0.29) is 55.1 Å². The number of aliphatic hydroxyl groups is 1. The van der Waals surface area contributed by atoms with Gasteiger partial charge in [0, 0.05) is 39.4 Å². The maximum atomic E-state index is 11.0. The molecular formula is C35H49Cl2LiN10O6. The van der Waals surface area contributed by atoms with Gasteiger partial charge in [-0.3, -0.25) is 9.13 Å². The Hall–Kier alpha value is -2.36. The van der Waals surface area contributed by atoms with Crippen LogP contribution in [0.4, 0.5) is 11.6 Å². The molecule has 16 nitrogen and oxygen atoms in total. The number of hydrogen-bond donors (Lipinski definition) is 1. The van der Waals surface area contributed by atoms with Crippen LogP contribution in [0.25, 0.3) is 22.3 Å². The van der Waals surface area contributed by atoms with Crippen LogP contribution in [0.2, 0.25) is 10.6 Å². The van der Waals surface area contributed by atoms with Gasteiger partial charge >= 0.3 is 18.9 Å². The van der Waals surface area contributed by atoms with E-state index in [1.165, 1.54) is 6.42 Å². The fourth-order valence-corrected chi connectivity index (χ4v) is 7.23. The predicted octanol–water partition coefficient (Wildman–Crippen LogP) is 1.87. The minimum atomic E-state index is -1.14. The first-order chi connectivity index (χ1) is 25.9. The van der Waals surface area contributed by atoms with E-state index in [2.05, 4.69) is 48.6 Å². The molecule has 1 N–H and O–H groups in total. The topological polar surface area (TPSA) is 160 Å². The van der Waals surface area contributed by atoms with Gasteiger partial charge in [-0.15, -0.1) is 0 Å². The number of hydrogen-bond acceptors (Lipinski definition) is 14. The maximum Gasteiger partial charge on any atom is 1.00 e. The van der Waals surface area contributed by atoms with E-state index in [1.54, 1.807) is 6.33 Å². The summed E-state index contributed by atoms with van der Waals surface area (Å²) in [5.41, 5.74) is 1.61. The molecule has 5 aliphatic heterocycles. The minimum Gasteiger partial charge on any atom is -0.378 e. The first-order valence-corrected chi connectivity index (χ1v) is 19.5. The number of morpholine rings is 2. The van der Waals surface area contributed by atoms with Gasteiger partial charge in [-0.25, -0.2) is 9.97 Å². The number of imidazole rings is 2. The van der Waals surface area contributed by atoms with E-state index in [0.29, 0.717) is 68.9 Å². The Morgan fingerprint density at radius 2 is 1.28 bits per heavy atom. The van der Waals surface area contributed by atoms with E-state index in [4.69, 9.17) is 51.9 Å². The SMILES string of the molecule is Clc1nc(N2CCOCC2)c2ncn(C3CCCCO3)c2n1.OC1(c2nc3c(N4CCOCC4)nc(Cl)nc3n2C2CCCCO2)COC1.[CH2-]CCC.[Li+]. The van der Waals surface area contributed by atoms with E-state index < -0.39 is 5.60 Å². The van der Waals surface area contributed by atoms with Gasteiger partial charge in [0.15, 0.2) is 39.6 Å². The second-order valence-corrected chi connectivity index (χ2v) is 14.3. The van der Waals surface area contributed by atoms with Crippen molar-refractivity contribution in [3.63, 3.8) is 0 Å². The van der Waals surface area contributed by atoms with Crippen molar-refractivity contribution < 1.29 is 47.7 Å². The molecule has 5 aliphatic rings. The molecule has 0 saturated carbocycles. The van der Waals surface area contributed by atoms with Crippen molar-refractivity contribution in [1.29, 1.82) is 0 Å². The van der Waals surface area contributed by atoms with Gasteiger partial charge in [0.2, 0.25) is 10.6 Å². The van der Waals surface area contributed by atoms with Crippen molar-refractivity contribution >= 4 is 57.2 Å². The smallest absolute Gasteiger partial charge is 0.378 e. The molecule has 0 aliphatic carbocycles. The molecule has 0 amide bonds. The molecule has 0 aromatic carbocycles. The van der Waals surface area contributed by atoms with Gasteiger partial charge in [0.05, 0.1) is 46.0 Å². The summed E-state index contributed by atoms with van der Waals surface area (Å²) in [6.45, 7) is 13.2. The van der Waals surface area contributed by atoms with Crippen molar-refractivity contribution in [3.8, 4) is 0 Å². The molecule has 0 radical (unpaired) electrons. The molecule has 54 heavy (non-hydrogen) atoms. The number of aromatic nitrogens is 8. The van der Waals surface area contributed by atoms with E-state index in [0.717, 1.165) is 81.6 Å². The van der Waals surface area contributed by atoms with Crippen LogP contribution >= 0.6 is 23.2 Å². The van der Waals surface area contributed by atoms with Crippen molar-refractivity contribution in [2.45, 2.75) is 76.3 Å². The van der Waals surface area contributed by atoms with E-state index >= 15 is 0 Å². The van der Waals surface area contributed by atoms with Crippen LogP contribution in [0.3, 0.4) is 0 Å². The summed E-state index contributed by atoms with van der Waals surface area (Å²) in [4.78, 5) is 31.2. The average molecular weight is 784 g/mol. The van der Waals surface area contributed by atoms with Gasteiger partial charge in [-0.2, -0.15) is 26.4 Å². The first kappa shape index (κ1) is 41.3. The Kier molecular flexibility index (Phi) is 14.7. The molecule has 9 heterocycles. The quantitative estimate of drug-likeness (QED) is 0.172. The summed E-state index contributed by atoms with van der Waals surface area (Å²) in [7, 11) is 0.